The Hall–Kier alpha value is -0.670. The Balaban J connectivity index is 2.28. The molecular formula is C11H15NOS. The minimum atomic E-state index is -0.189. The lowest BCUT2D eigenvalue weighted by atomic mass is 9.86. The SMILES string of the molecule is CN(C)CC1(C)Cc2sccc2C1=O. The molecule has 0 saturated carbocycles. The van der Waals surface area contributed by atoms with Gasteiger partial charge in [-0.3, -0.25) is 4.79 Å². The second kappa shape index (κ2) is 3.17. The highest BCUT2D eigenvalue weighted by Crippen LogP contribution is 2.39. The fourth-order valence-electron chi connectivity index (χ4n) is 2.27. The fraction of sp³-hybridized carbons (Fsp3) is 0.545. The summed E-state index contributed by atoms with van der Waals surface area (Å²) in [6.07, 6.45) is 0.914. The molecule has 0 N–H and O–H groups in total. The molecule has 76 valence electrons. The lowest BCUT2D eigenvalue weighted by Crippen LogP contribution is -2.36. The van der Waals surface area contributed by atoms with Crippen molar-refractivity contribution in [3.63, 3.8) is 0 Å². The van der Waals surface area contributed by atoms with Crippen molar-refractivity contribution in [1.82, 2.24) is 4.90 Å². The van der Waals surface area contributed by atoms with Crippen molar-refractivity contribution in [2.45, 2.75) is 13.3 Å². The monoisotopic (exact) mass is 209 g/mol. The van der Waals surface area contributed by atoms with E-state index in [4.69, 9.17) is 0 Å². The highest BCUT2D eigenvalue weighted by atomic mass is 32.1. The van der Waals surface area contributed by atoms with Gasteiger partial charge in [-0.05, 0) is 32.0 Å². The van der Waals surface area contributed by atoms with E-state index in [0.717, 1.165) is 18.5 Å². The Morgan fingerprint density at radius 2 is 2.29 bits per heavy atom. The average Bonchev–Trinajstić information content (AvgIpc) is 2.55. The van der Waals surface area contributed by atoms with Crippen molar-refractivity contribution in [2.24, 2.45) is 5.41 Å². The van der Waals surface area contributed by atoms with E-state index in [1.165, 1.54) is 4.88 Å². The Morgan fingerprint density at radius 3 is 2.86 bits per heavy atom. The van der Waals surface area contributed by atoms with Gasteiger partial charge in [0.25, 0.3) is 0 Å². The molecule has 0 bridgehead atoms. The summed E-state index contributed by atoms with van der Waals surface area (Å²) in [7, 11) is 4.04. The van der Waals surface area contributed by atoms with Crippen LogP contribution in [0.25, 0.3) is 0 Å². The molecule has 0 saturated heterocycles. The van der Waals surface area contributed by atoms with Gasteiger partial charge in [0.15, 0.2) is 5.78 Å². The molecular weight excluding hydrogens is 194 g/mol. The average molecular weight is 209 g/mol. The third-order valence-corrected chi connectivity index (χ3v) is 3.68. The minimum Gasteiger partial charge on any atom is -0.308 e. The van der Waals surface area contributed by atoms with E-state index in [0.29, 0.717) is 5.78 Å². The van der Waals surface area contributed by atoms with Crippen LogP contribution in [0.2, 0.25) is 0 Å². The van der Waals surface area contributed by atoms with Crippen molar-refractivity contribution in [3.05, 3.63) is 21.9 Å². The quantitative estimate of drug-likeness (QED) is 0.743. The summed E-state index contributed by atoms with van der Waals surface area (Å²) in [6, 6.07) is 1.96. The molecule has 0 aliphatic heterocycles. The van der Waals surface area contributed by atoms with Crippen LogP contribution in [0.1, 0.15) is 22.2 Å². The van der Waals surface area contributed by atoms with Gasteiger partial charge in [-0.25, -0.2) is 0 Å². The van der Waals surface area contributed by atoms with E-state index < -0.39 is 0 Å². The van der Waals surface area contributed by atoms with Crippen LogP contribution in [0.15, 0.2) is 11.4 Å². The number of ketones is 1. The van der Waals surface area contributed by atoms with Gasteiger partial charge in [-0.2, -0.15) is 0 Å². The van der Waals surface area contributed by atoms with Gasteiger partial charge in [-0.15, -0.1) is 11.3 Å². The van der Waals surface area contributed by atoms with Crippen molar-refractivity contribution in [3.8, 4) is 0 Å². The largest absolute Gasteiger partial charge is 0.308 e. The molecule has 0 radical (unpaired) electrons. The molecule has 0 spiro atoms. The van der Waals surface area contributed by atoms with Crippen LogP contribution < -0.4 is 0 Å². The maximum atomic E-state index is 12.1. The van der Waals surface area contributed by atoms with Crippen molar-refractivity contribution in [1.29, 1.82) is 0 Å². The zero-order valence-corrected chi connectivity index (χ0v) is 9.65. The number of hydrogen-bond donors (Lipinski definition) is 0. The molecule has 0 fully saturated rings. The van der Waals surface area contributed by atoms with E-state index >= 15 is 0 Å². The van der Waals surface area contributed by atoms with Gasteiger partial charge >= 0.3 is 0 Å². The number of carbonyl (C=O) groups excluding carboxylic acids is 1. The molecule has 3 heteroatoms. The van der Waals surface area contributed by atoms with Crippen LogP contribution in [0.5, 0.6) is 0 Å². The first kappa shape index (κ1) is 9.87. The first-order valence-electron chi connectivity index (χ1n) is 4.79. The summed E-state index contributed by atoms with van der Waals surface area (Å²) in [6.45, 7) is 2.91. The number of thiophene rings is 1. The topological polar surface area (TPSA) is 20.3 Å². The van der Waals surface area contributed by atoms with Gasteiger partial charge in [0.1, 0.15) is 0 Å². The van der Waals surface area contributed by atoms with Gasteiger partial charge in [-0.1, -0.05) is 6.92 Å². The van der Waals surface area contributed by atoms with Crippen LogP contribution in [0.4, 0.5) is 0 Å². The number of carbonyl (C=O) groups is 1. The maximum Gasteiger partial charge on any atom is 0.171 e. The summed E-state index contributed by atoms with van der Waals surface area (Å²) < 4.78 is 0. The van der Waals surface area contributed by atoms with Crippen LogP contribution in [0.3, 0.4) is 0 Å². The summed E-state index contributed by atoms with van der Waals surface area (Å²) in [5.74, 6) is 0.322. The summed E-state index contributed by atoms with van der Waals surface area (Å²) in [5.41, 5.74) is 0.769. The van der Waals surface area contributed by atoms with Crippen LogP contribution in [0, 0.1) is 5.41 Å². The van der Waals surface area contributed by atoms with Crippen molar-refractivity contribution in [2.75, 3.05) is 20.6 Å². The molecule has 1 aromatic rings. The molecule has 0 aromatic carbocycles. The lowest BCUT2D eigenvalue weighted by Gasteiger charge is -2.25. The Kier molecular flexibility index (Phi) is 2.24. The van der Waals surface area contributed by atoms with Gasteiger partial charge < -0.3 is 4.90 Å². The molecule has 1 atom stereocenters. The minimum absolute atomic E-state index is 0.189. The summed E-state index contributed by atoms with van der Waals surface area (Å²) in [5, 5.41) is 2.01. The summed E-state index contributed by atoms with van der Waals surface area (Å²) >= 11 is 1.71. The normalized spacial score (nSPS) is 25.9. The fourth-order valence-corrected chi connectivity index (χ4v) is 3.32. The van der Waals surface area contributed by atoms with Gasteiger partial charge in [0, 0.05) is 22.4 Å². The first-order chi connectivity index (χ1) is 6.53. The van der Waals surface area contributed by atoms with E-state index in [2.05, 4.69) is 11.8 Å². The second-order valence-electron chi connectivity index (χ2n) is 4.56. The van der Waals surface area contributed by atoms with Gasteiger partial charge in [0.2, 0.25) is 0 Å². The smallest absolute Gasteiger partial charge is 0.171 e. The van der Waals surface area contributed by atoms with Gasteiger partial charge in [0.05, 0.1) is 0 Å². The lowest BCUT2D eigenvalue weighted by molar-refractivity contribution is 0.0799. The standard InChI is InChI=1S/C11H15NOS/c1-11(7-12(2)3)6-9-8(10(11)13)4-5-14-9/h4-5H,6-7H2,1-3H3. The number of Topliss-reactive ketones (excluding diaryl/α,β-unsaturated/α-hetero) is 1. The molecule has 2 rings (SSSR count). The van der Waals surface area contributed by atoms with E-state index in [9.17, 15) is 4.79 Å². The zero-order chi connectivity index (χ0) is 10.3. The molecule has 14 heavy (non-hydrogen) atoms. The Bertz CT molecular complexity index is 369. The Labute approximate surface area is 88.5 Å². The molecule has 1 aromatic heterocycles. The van der Waals surface area contributed by atoms with E-state index in [-0.39, 0.29) is 5.41 Å². The molecule has 1 aliphatic carbocycles. The van der Waals surface area contributed by atoms with E-state index in [1.54, 1.807) is 11.3 Å². The third-order valence-electron chi connectivity index (χ3n) is 2.75. The number of nitrogens with zero attached hydrogens (tertiary/aromatic N) is 1. The van der Waals surface area contributed by atoms with Crippen LogP contribution >= 0.6 is 11.3 Å². The number of fused-ring (bicyclic) bond motifs is 1. The number of rotatable bonds is 2. The predicted molar refractivity (Wildman–Crippen MR) is 59.0 cm³/mol. The predicted octanol–water partition coefficient (Wildman–Crippen LogP) is 2.05. The second-order valence-corrected chi connectivity index (χ2v) is 5.56. The van der Waals surface area contributed by atoms with Crippen molar-refractivity contribution >= 4 is 17.1 Å². The molecule has 1 unspecified atom stereocenters. The van der Waals surface area contributed by atoms with Crippen LogP contribution in [-0.4, -0.2) is 31.3 Å². The summed E-state index contributed by atoms with van der Waals surface area (Å²) in [4.78, 5) is 15.5. The maximum absolute atomic E-state index is 12.1. The Morgan fingerprint density at radius 1 is 1.57 bits per heavy atom. The molecule has 2 nitrogen and oxygen atoms in total. The van der Waals surface area contributed by atoms with E-state index in [1.807, 2.05) is 25.5 Å². The third kappa shape index (κ3) is 1.41. The molecule has 1 heterocycles. The highest BCUT2D eigenvalue weighted by molar-refractivity contribution is 7.10. The van der Waals surface area contributed by atoms with Crippen LogP contribution in [-0.2, 0) is 6.42 Å². The first-order valence-corrected chi connectivity index (χ1v) is 5.67. The molecule has 1 aliphatic rings. The zero-order valence-electron chi connectivity index (χ0n) is 8.83. The molecule has 0 amide bonds. The number of hydrogen-bond acceptors (Lipinski definition) is 3. The van der Waals surface area contributed by atoms with Crippen molar-refractivity contribution < 1.29 is 4.79 Å². The highest BCUT2D eigenvalue weighted by Gasteiger charge is 2.42.